The number of carbonyl (C=O) groups excluding carboxylic acids is 1. The first-order valence-electron chi connectivity index (χ1n) is 9.85. The predicted octanol–water partition coefficient (Wildman–Crippen LogP) is 4.17. The quantitative estimate of drug-likeness (QED) is 0.637. The summed E-state index contributed by atoms with van der Waals surface area (Å²) < 4.78 is 10.7. The van der Waals surface area contributed by atoms with Crippen LogP contribution in [0, 0.1) is 13.8 Å². The van der Waals surface area contributed by atoms with Gasteiger partial charge in [0, 0.05) is 29.3 Å². The fraction of sp³-hybridized carbons (Fsp3) is 0.333. The number of anilines is 1. The minimum absolute atomic E-state index is 0.0337. The number of aromatic nitrogens is 1. The van der Waals surface area contributed by atoms with Crippen LogP contribution in [0.25, 0.3) is 22.2 Å². The first kappa shape index (κ1) is 21.7. The molecule has 0 saturated carbocycles. The highest BCUT2D eigenvalue weighted by atomic mass is 16.5. The minimum atomic E-state index is -0.0337. The lowest BCUT2D eigenvalue weighted by molar-refractivity contribution is -0.116. The van der Waals surface area contributed by atoms with Crippen LogP contribution in [0.5, 0.6) is 5.75 Å². The van der Waals surface area contributed by atoms with E-state index < -0.39 is 0 Å². The number of hydrogen-bond acceptors (Lipinski definition) is 5. The normalized spacial score (nSPS) is 11.2. The Bertz CT molecular complexity index is 1080. The molecule has 3 aromatic rings. The number of hydrogen-bond donors (Lipinski definition) is 1. The van der Waals surface area contributed by atoms with Crippen molar-refractivity contribution in [2.75, 3.05) is 40.2 Å². The number of carbonyl (C=O) groups is 1. The van der Waals surface area contributed by atoms with Crippen LogP contribution in [0.3, 0.4) is 0 Å². The van der Waals surface area contributed by atoms with E-state index in [2.05, 4.69) is 24.4 Å². The molecule has 1 aromatic heterocycles. The Morgan fingerprint density at radius 2 is 1.83 bits per heavy atom. The van der Waals surface area contributed by atoms with Crippen LogP contribution in [0.2, 0.25) is 0 Å². The summed E-state index contributed by atoms with van der Waals surface area (Å²) in [5.74, 6) is 0.764. The molecule has 30 heavy (non-hydrogen) atoms. The standard InChI is InChI=1S/C24H29N3O3/c1-15-9-21(17-7-8-23(30-6)18(11-17)14-29-5)25-22-10-16(2)20(12-19(15)22)26-24(28)13-27(3)4/h7-12H,13-14H2,1-6H3,(H,26,28). The molecule has 0 unspecified atom stereocenters. The Labute approximate surface area is 177 Å². The van der Waals surface area contributed by atoms with E-state index in [-0.39, 0.29) is 5.91 Å². The van der Waals surface area contributed by atoms with E-state index in [1.807, 2.05) is 50.2 Å². The molecule has 0 radical (unpaired) electrons. The van der Waals surface area contributed by atoms with Crippen molar-refractivity contribution in [2.45, 2.75) is 20.5 Å². The molecule has 1 N–H and O–H groups in total. The van der Waals surface area contributed by atoms with Crippen molar-refractivity contribution in [2.24, 2.45) is 0 Å². The first-order valence-corrected chi connectivity index (χ1v) is 9.85. The van der Waals surface area contributed by atoms with Crippen LogP contribution in [-0.4, -0.2) is 50.7 Å². The largest absolute Gasteiger partial charge is 0.496 e. The van der Waals surface area contributed by atoms with Gasteiger partial charge in [0.05, 0.1) is 31.5 Å². The van der Waals surface area contributed by atoms with Crippen molar-refractivity contribution >= 4 is 22.5 Å². The fourth-order valence-corrected chi connectivity index (χ4v) is 3.51. The lowest BCUT2D eigenvalue weighted by Gasteiger charge is -2.15. The number of methoxy groups -OCH3 is 2. The van der Waals surface area contributed by atoms with E-state index in [4.69, 9.17) is 14.5 Å². The number of nitrogens with zero attached hydrogens (tertiary/aromatic N) is 2. The van der Waals surface area contributed by atoms with Gasteiger partial charge >= 0.3 is 0 Å². The van der Waals surface area contributed by atoms with Gasteiger partial charge < -0.3 is 19.7 Å². The molecule has 0 spiro atoms. The molecule has 6 heteroatoms. The number of nitrogens with one attached hydrogen (secondary N) is 1. The summed E-state index contributed by atoms with van der Waals surface area (Å²) in [6.45, 7) is 4.86. The Morgan fingerprint density at radius 1 is 1.07 bits per heavy atom. The number of fused-ring (bicyclic) bond motifs is 1. The highest BCUT2D eigenvalue weighted by Crippen LogP contribution is 2.31. The molecule has 3 rings (SSSR count). The molecule has 0 aliphatic rings. The molecule has 0 bridgehead atoms. The summed E-state index contributed by atoms with van der Waals surface area (Å²) in [7, 11) is 7.08. The monoisotopic (exact) mass is 407 g/mol. The third-order valence-corrected chi connectivity index (χ3v) is 4.97. The molecular formula is C24H29N3O3. The molecule has 1 amide bonds. The Hall–Kier alpha value is -2.96. The van der Waals surface area contributed by atoms with E-state index in [1.54, 1.807) is 14.2 Å². The molecule has 0 atom stereocenters. The highest BCUT2D eigenvalue weighted by molar-refractivity contribution is 5.97. The van der Waals surface area contributed by atoms with Crippen LogP contribution in [0.1, 0.15) is 16.7 Å². The van der Waals surface area contributed by atoms with Crippen molar-refractivity contribution in [1.29, 1.82) is 0 Å². The fourth-order valence-electron chi connectivity index (χ4n) is 3.51. The maximum Gasteiger partial charge on any atom is 0.238 e. The van der Waals surface area contributed by atoms with Crippen molar-refractivity contribution < 1.29 is 14.3 Å². The number of rotatable bonds is 7. The van der Waals surface area contributed by atoms with Gasteiger partial charge in [0.1, 0.15) is 5.75 Å². The number of aryl methyl sites for hydroxylation is 2. The lowest BCUT2D eigenvalue weighted by Crippen LogP contribution is -2.27. The Morgan fingerprint density at radius 3 is 2.50 bits per heavy atom. The summed E-state index contributed by atoms with van der Waals surface area (Å²) in [6.07, 6.45) is 0. The van der Waals surface area contributed by atoms with Gasteiger partial charge in [-0.3, -0.25) is 4.79 Å². The number of ether oxygens (including phenoxy) is 2. The topological polar surface area (TPSA) is 63.7 Å². The Kier molecular flexibility index (Phi) is 6.70. The number of pyridine rings is 1. The molecule has 2 aromatic carbocycles. The van der Waals surface area contributed by atoms with Gasteiger partial charge in [0.15, 0.2) is 0 Å². The average Bonchev–Trinajstić information content (AvgIpc) is 2.68. The molecule has 0 saturated heterocycles. The second-order valence-corrected chi connectivity index (χ2v) is 7.75. The van der Waals surface area contributed by atoms with Gasteiger partial charge in [0.2, 0.25) is 5.91 Å². The third-order valence-electron chi connectivity index (χ3n) is 4.97. The van der Waals surface area contributed by atoms with Crippen LogP contribution in [0.4, 0.5) is 5.69 Å². The van der Waals surface area contributed by atoms with E-state index >= 15 is 0 Å². The first-order chi connectivity index (χ1) is 14.3. The molecule has 0 fully saturated rings. The number of benzene rings is 2. The molecule has 6 nitrogen and oxygen atoms in total. The average molecular weight is 408 g/mol. The maximum absolute atomic E-state index is 12.2. The smallest absolute Gasteiger partial charge is 0.238 e. The zero-order chi connectivity index (χ0) is 21.8. The SMILES string of the molecule is COCc1cc(-c2cc(C)c3cc(NC(=O)CN(C)C)c(C)cc3n2)ccc1OC. The molecule has 158 valence electrons. The molecular weight excluding hydrogens is 378 g/mol. The predicted molar refractivity (Wildman–Crippen MR) is 121 cm³/mol. The van der Waals surface area contributed by atoms with Crippen LogP contribution >= 0.6 is 0 Å². The summed E-state index contributed by atoms with van der Waals surface area (Å²) in [5.41, 5.74) is 6.68. The van der Waals surface area contributed by atoms with Gasteiger partial charge in [0.25, 0.3) is 0 Å². The zero-order valence-corrected chi connectivity index (χ0v) is 18.5. The summed E-state index contributed by atoms with van der Waals surface area (Å²) in [4.78, 5) is 18.9. The summed E-state index contributed by atoms with van der Waals surface area (Å²) in [6, 6.07) is 12.1. The van der Waals surface area contributed by atoms with E-state index in [0.29, 0.717) is 13.2 Å². The van der Waals surface area contributed by atoms with E-state index in [9.17, 15) is 4.79 Å². The van der Waals surface area contributed by atoms with E-state index in [1.165, 1.54) is 0 Å². The van der Waals surface area contributed by atoms with Gasteiger partial charge in [-0.2, -0.15) is 0 Å². The van der Waals surface area contributed by atoms with Crippen LogP contribution in [-0.2, 0) is 16.1 Å². The molecule has 0 aliphatic heterocycles. The van der Waals surface area contributed by atoms with Gasteiger partial charge in [-0.25, -0.2) is 4.98 Å². The second kappa shape index (κ2) is 9.24. The summed E-state index contributed by atoms with van der Waals surface area (Å²) in [5, 5.41) is 4.03. The zero-order valence-electron chi connectivity index (χ0n) is 18.5. The van der Waals surface area contributed by atoms with Gasteiger partial charge in [-0.1, -0.05) is 0 Å². The van der Waals surface area contributed by atoms with Crippen molar-refractivity contribution in [3.8, 4) is 17.0 Å². The van der Waals surface area contributed by atoms with Crippen LogP contribution < -0.4 is 10.1 Å². The van der Waals surface area contributed by atoms with Crippen LogP contribution in [0.15, 0.2) is 36.4 Å². The lowest BCUT2D eigenvalue weighted by atomic mass is 10.0. The number of likely N-dealkylation sites (N-methyl/N-ethyl adjacent to an activating group) is 1. The third kappa shape index (κ3) is 4.78. The van der Waals surface area contributed by atoms with Gasteiger partial charge in [-0.05, 0) is 75.5 Å². The van der Waals surface area contributed by atoms with Crippen molar-refractivity contribution in [1.82, 2.24) is 9.88 Å². The van der Waals surface area contributed by atoms with Gasteiger partial charge in [-0.15, -0.1) is 0 Å². The maximum atomic E-state index is 12.2. The van der Waals surface area contributed by atoms with E-state index in [0.717, 1.165) is 50.3 Å². The number of amides is 1. The molecule has 0 aliphatic carbocycles. The van der Waals surface area contributed by atoms with Crippen molar-refractivity contribution in [3.63, 3.8) is 0 Å². The highest BCUT2D eigenvalue weighted by Gasteiger charge is 2.12. The Balaban J connectivity index is 2.01. The second-order valence-electron chi connectivity index (χ2n) is 7.75. The van der Waals surface area contributed by atoms with Crippen molar-refractivity contribution in [3.05, 3.63) is 53.1 Å². The summed E-state index contributed by atoms with van der Waals surface area (Å²) >= 11 is 0. The molecule has 1 heterocycles. The minimum Gasteiger partial charge on any atom is -0.496 e.